The molecule has 1 fully saturated rings. The molecule has 0 aromatic carbocycles. The second kappa shape index (κ2) is 6.58. The highest BCUT2D eigenvalue weighted by atomic mass is 15.1. The second-order valence-electron chi connectivity index (χ2n) is 5.64. The molecule has 96 valence electrons. The van der Waals surface area contributed by atoms with E-state index in [1.54, 1.807) is 0 Å². The predicted octanol–water partition coefficient (Wildman–Crippen LogP) is 1.24. The molecule has 0 spiro atoms. The van der Waals surface area contributed by atoms with Crippen LogP contribution in [0.15, 0.2) is 0 Å². The zero-order chi connectivity index (χ0) is 12.1. The third kappa shape index (κ3) is 4.04. The predicted molar refractivity (Wildman–Crippen MR) is 70.5 cm³/mol. The molecule has 0 amide bonds. The van der Waals surface area contributed by atoms with Gasteiger partial charge in [0, 0.05) is 12.6 Å². The standard InChI is InChI=1S/C13H29N3/c1-11(9-14)12(2)16(4)10-13-5-7-15(3)8-6-13/h11-13H,5-10,14H2,1-4H3. The Morgan fingerprint density at radius 2 is 1.88 bits per heavy atom. The maximum Gasteiger partial charge on any atom is 0.0102 e. The molecular formula is C13H29N3. The fraction of sp³-hybridized carbons (Fsp3) is 1.00. The lowest BCUT2D eigenvalue weighted by molar-refractivity contribution is 0.134. The fourth-order valence-corrected chi connectivity index (χ4v) is 2.45. The summed E-state index contributed by atoms with van der Waals surface area (Å²) in [6, 6.07) is 0.602. The molecule has 1 saturated heterocycles. The molecule has 2 unspecified atom stereocenters. The van der Waals surface area contributed by atoms with Crippen molar-refractivity contribution in [1.82, 2.24) is 9.80 Å². The van der Waals surface area contributed by atoms with Gasteiger partial charge >= 0.3 is 0 Å². The topological polar surface area (TPSA) is 32.5 Å². The van der Waals surface area contributed by atoms with Crippen LogP contribution in [0.2, 0.25) is 0 Å². The Bertz CT molecular complexity index is 188. The highest BCUT2D eigenvalue weighted by Gasteiger charge is 2.22. The van der Waals surface area contributed by atoms with Gasteiger partial charge in [-0.05, 0) is 65.3 Å². The van der Waals surface area contributed by atoms with Gasteiger partial charge in [-0.3, -0.25) is 0 Å². The van der Waals surface area contributed by atoms with Crippen LogP contribution in [-0.4, -0.2) is 56.1 Å². The summed E-state index contributed by atoms with van der Waals surface area (Å²) in [6.45, 7) is 9.10. The highest BCUT2D eigenvalue weighted by Crippen LogP contribution is 2.19. The van der Waals surface area contributed by atoms with E-state index in [0.717, 1.165) is 12.5 Å². The minimum Gasteiger partial charge on any atom is -0.330 e. The first-order valence-electron chi connectivity index (χ1n) is 6.63. The Morgan fingerprint density at radius 3 is 2.38 bits per heavy atom. The van der Waals surface area contributed by atoms with Gasteiger partial charge < -0.3 is 15.5 Å². The molecular weight excluding hydrogens is 198 g/mol. The summed E-state index contributed by atoms with van der Waals surface area (Å²) in [5.41, 5.74) is 5.73. The lowest BCUT2D eigenvalue weighted by atomic mass is 9.95. The minimum absolute atomic E-state index is 0.594. The Balaban J connectivity index is 2.30. The van der Waals surface area contributed by atoms with Crippen LogP contribution in [0.3, 0.4) is 0 Å². The van der Waals surface area contributed by atoms with Crippen LogP contribution in [0.4, 0.5) is 0 Å². The van der Waals surface area contributed by atoms with Crippen LogP contribution in [0.25, 0.3) is 0 Å². The molecule has 0 aromatic heterocycles. The molecule has 3 nitrogen and oxygen atoms in total. The first-order valence-corrected chi connectivity index (χ1v) is 6.63. The third-order valence-corrected chi connectivity index (χ3v) is 4.27. The average molecular weight is 227 g/mol. The van der Waals surface area contributed by atoms with Gasteiger partial charge in [-0.25, -0.2) is 0 Å². The third-order valence-electron chi connectivity index (χ3n) is 4.27. The SMILES string of the molecule is CC(CN)C(C)N(C)CC1CCN(C)CC1. The molecule has 3 heteroatoms. The van der Waals surface area contributed by atoms with Crippen molar-refractivity contribution in [3.05, 3.63) is 0 Å². The minimum atomic E-state index is 0.594. The second-order valence-corrected chi connectivity index (χ2v) is 5.64. The van der Waals surface area contributed by atoms with E-state index >= 15 is 0 Å². The van der Waals surface area contributed by atoms with Crippen molar-refractivity contribution in [3.63, 3.8) is 0 Å². The monoisotopic (exact) mass is 227 g/mol. The van der Waals surface area contributed by atoms with E-state index in [0.29, 0.717) is 12.0 Å². The summed E-state index contributed by atoms with van der Waals surface area (Å²) in [7, 11) is 4.47. The molecule has 1 aliphatic heterocycles. The van der Waals surface area contributed by atoms with Crippen molar-refractivity contribution >= 4 is 0 Å². The lowest BCUT2D eigenvalue weighted by Gasteiger charge is -2.35. The zero-order valence-electron chi connectivity index (χ0n) is 11.4. The van der Waals surface area contributed by atoms with E-state index in [2.05, 4.69) is 37.7 Å². The maximum absolute atomic E-state index is 5.73. The lowest BCUT2D eigenvalue weighted by Crippen LogP contribution is -2.42. The number of likely N-dealkylation sites (tertiary alicyclic amines) is 1. The molecule has 2 atom stereocenters. The van der Waals surface area contributed by atoms with Gasteiger partial charge in [0.1, 0.15) is 0 Å². The van der Waals surface area contributed by atoms with Crippen molar-refractivity contribution in [2.24, 2.45) is 17.6 Å². The van der Waals surface area contributed by atoms with Crippen molar-refractivity contribution in [3.8, 4) is 0 Å². The zero-order valence-corrected chi connectivity index (χ0v) is 11.4. The molecule has 2 N–H and O–H groups in total. The van der Waals surface area contributed by atoms with Crippen LogP contribution in [0, 0.1) is 11.8 Å². The van der Waals surface area contributed by atoms with Crippen LogP contribution in [0.5, 0.6) is 0 Å². The highest BCUT2D eigenvalue weighted by molar-refractivity contribution is 4.77. The number of hydrogen-bond acceptors (Lipinski definition) is 3. The number of nitrogens with zero attached hydrogens (tertiary/aromatic N) is 2. The smallest absolute Gasteiger partial charge is 0.0102 e. The molecule has 1 heterocycles. The largest absolute Gasteiger partial charge is 0.330 e. The maximum atomic E-state index is 5.73. The van der Waals surface area contributed by atoms with Gasteiger partial charge in [-0.15, -0.1) is 0 Å². The molecule has 0 radical (unpaired) electrons. The number of rotatable bonds is 5. The normalized spacial score (nSPS) is 23.6. The van der Waals surface area contributed by atoms with Crippen LogP contribution in [-0.2, 0) is 0 Å². The van der Waals surface area contributed by atoms with E-state index in [-0.39, 0.29) is 0 Å². The van der Waals surface area contributed by atoms with Gasteiger partial charge in [0.25, 0.3) is 0 Å². The van der Waals surface area contributed by atoms with E-state index in [1.165, 1.54) is 32.5 Å². The summed E-state index contributed by atoms with van der Waals surface area (Å²) in [6.07, 6.45) is 2.70. The molecule has 0 bridgehead atoms. The van der Waals surface area contributed by atoms with Gasteiger partial charge in [0.2, 0.25) is 0 Å². The number of nitrogens with two attached hydrogens (primary N) is 1. The molecule has 16 heavy (non-hydrogen) atoms. The van der Waals surface area contributed by atoms with Gasteiger partial charge in [0.05, 0.1) is 0 Å². The summed E-state index contributed by atoms with van der Waals surface area (Å²) in [5, 5.41) is 0. The summed E-state index contributed by atoms with van der Waals surface area (Å²) < 4.78 is 0. The molecule has 0 saturated carbocycles. The van der Waals surface area contributed by atoms with Crippen molar-refractivity contribution < 1.29 is 0 Å². The van der Waals surface area contributed by atoms with Gasteiger partial charge in [-0.1, -0.05) is 6.92 Å². The molecule has 1 rings (SSSR count). The van der Waals surface area contributed by atoms with E-state index in [9.17, 15) is 0 Å². The first-order chi connectivity index (χ1) is 7.54. The van der Waals surface area contributed by atoms with Crippen LogP contribution in [0.1, 0.15) is 26.7 Å². The van der Waals surface area contributed by atoms with Crippen molar-refractivity contribution in [2.75, 3.05) is 40.3 Å². The summed E-state index contributed by atoms with van der Waals surface area (Å²) in [5.74, 6) is 1.48. The van der Waals surface area contributed by atoms with Crippen LogP contribution < -0.4 is 5.73 Å². The Labute approximate surface area is 101 Å². The molecule has 0 aromatic rings. The van der Waals surface area contributed by atoms with Crippen molar-refractivity contribution in [1.29, 1.82) is 0 Å². The van der Waals surface area contributed by atoms with Gasteiger partial charge in [0.15, 0.2) is 0 Å². The summed E-state index contributed by atoms with van der Waals surface area (Å²) in [4.78, 5) is 4.93. The quantitative estimate of drug-likeness (QED) is 0.767. The first kappa shape index (κ1) is 13.9. The molecule has 0 aliphatic carbocycles. The molecule has 1 aliphatic rings. The van der Waals surface area contributed by atoms with E-state index < -0.39 is 0 Å². The Morgan fingerprint density at radius 1 is 1.31 bits per heavy atom. The summed E-state index contributed by atoms with van der Waals surface area (Å²) >= 11 is 0. The number of piperidine rings is 1. The van der Waals surface area contributed by atoms with E-state index in [4.69, 9.17) is 5.73 Å². The van der Waals surface area contributed by atoms with Crippen LogP contribution >= 0.6 is 0 Å². The Kier molecular flexibility index (Phi) is 5.73. The van der Waals surface area contributed by atoms with E-state index in [1.807, 2.05) is 0 Å². The average Bonchev–Trinajstić information content (AvgIpc) is 2.30. The Hall–Kier alpha value is -0.120. The van der Waals surface area contributed by atoms with Gasteiger partial charge in [-0.2, -0.15) is 0 Å². The number of hydrogen-bond donors (Lipinski definition) is 1. The fourth-order valence-electron chi connectivity index (χ4n) is 2.45. The van der Waals surface area contributed by atoms with Crippen molar-refractivity contribution in [2.45, 2.75) is 32.7 Å².